The van der Waals surface area contributed by atoms with Gasteiger partial charge in [0.25, 0.3) is 0 Å². The van der Waals surface area contributed by atoms with Crippen molar-refractivity contribution in [3.8, 4) is 5.75 Å². The number of halogens is 1. The molecule has 0 amide bonds. The Kier molecular flexibility index (Phi) is 5.15. The molecule has 3 nitrogen and oxygen atoms in total. The second-order valence-electron chi connectivity index (χ2n) is 4.76. The predicted octanol–water partition coefficient (Wildman–Crippen LogP) is 3.66. The normalized spacial score (nSPS) is 12.2. The zero-order chi connectivity index (χ0) is 14.5. The summed E-state index contributed by atoms with van der Waals surface area (Å²) in [6.45, 7) is 2.05. The summed E-state index contributed by atoms with van der Waals surface area (Å²) in [5, 5.41) is 3.34. The van der Waals surface area contributed by atoms with Crippen LogP contribution in [0.4, 0.5) is 0 Å². The largest absolute Gasteiger partial charge is 0.496 e. The summed E-state index contributed by atoms with van der Waals surface area (Å²) < 4.78 is 6.49. The molecule has 0 saturated heterocycles. The summed E-state index contributed by atoms with van der Waals surface area (Å²) in [4.78, 5) is 4.47. The molecule has 20 heavy (non-hydrogen) atoms. The molecule has 1 heterocycles. The van der Waals surface area contributed by atoms with E-state index in [-0.39, 0.29) is 6.04 Å². The Hall–Kier alpha value is -1.39. The summed E-state index contributed by atoms with van der Waals surface area (Å²) >= 11 is 3.47. The van der Waals surface area contributed by atoms with Gasteiger partial charge in [0.15, 0.2) is 0 Å². The molecule has 1 atom stereocenters. The Labute approximate surface area is 128 Å². The minimum atomic E-state index is 0.174. The average Bonchev–Trinajstić information content (AvgIpc) is 2.47. The molecule has 106 valence electrons. The summed E-state index contributed by atoms with van der Waals surface area (Å²) in [5.74, 6) is 0.880. The van der Waals surface area contributed by atoms with E-state index in [1.54, 1.807) is 7.11 Å². The maximum absolute atomic E-state index is 5.48. The smallest absolute Gasteiger partial charge is 0.124 e. The van der Waals surface area contributed by atoms with Crippen molar-refractivity contribution in [1.82, 2.24) is 10.3 Å². The first-order valence-electron chi connectivity index (χ1n) is 6.56. The number of hydrogen-bond donors (Lipinski definition) is 1. The molecule has 0 fully saturated rings. The number of rotatable bonds is 5. The fourth-order valence-corrected chi connectivity index (χ4v) is 2.51. The van der Waals surface area contributed by atoms with Crippen molar-refractivity contribution in [2.75, 3.05) is 14.2 Å². The van der Waals surface area contributed by atoms with E-state index in [0.717, 1.165) is 27.9 Å². The van der Waals surface area contributed by atoms with Gasteiger partial charge in [-0.15, -0.1) is 0 Å². The van der Waals surface area contributed by atoms with Gasteiger partial charge in [0.05, 0.1) is 7.11 Å². The minimum Gasteiger partial charge on any atom is -0.496 e. The van der Waals surface area contributed by atoms with Gasteiger partial charge in [-0.05, 0) is 37.7 Å². The molecular formula is C16H19BrN2O. The van der Waals surface area contributed by atoms with Gasteiger partial charge < -0.3 is 10.1 Å². The van der Waals surface area contributed by atoms with Crippen LogP contribution in [0.1, 0.15) is 22.9 Å². The van der Waals surface area contributed by atoms with Gasteiger partial charge in [-0.1, -0.05) is 28.1 Å². The Morgan fingerprint density at radius 3 is 2.70 bits per heavy atom. The molecule has 0 bridgehead atoms. The lowest BCUT2D eigenvalue weighted by atomic mass is 10.0. The number of ether oxygens (including phenoxy) is 1. The first-order chi connectivity index (χ1) is 9.63. The van der Waals surface area contributed by atoms with Crippen LogP contribution in [-0.4, -0.2) is 19.1 Å². The Morgan fingerprint density at radius 1 is 1.30 bits per heavy atom. The van der Waals surface area contributed by atoms with Crippen LogP contribution in [0.3, 0.4) is 0 Å². The highest BCUT2D eigenvalue weighted by molar-refractivity contribution is 9.10. The highest BCUT2D eigenvalue weighted by atomic mass is 79.9. The minimum absolute atomic E-state index is 0.174. The van der Waals surface area contributed by atoms with Gasteiger partial charge in [0.1, 0.15) is 5.75 Å². The molecule has 0 spiro atoms. The topological polar surface area (TPSA) is 34.2 Å². The van der Waals surface area contributed by atoms with E-state index in [9.17, 15) is 0 Å². The molecule has 0 aliphatic carbocycles. The van der Waals surface area contributed by atoms with E-state index in [1.807, 2.05) is 32.3 Å². The second kappa shape index (κ2) is 6.86. The number of benzene rings is 1. The molecule has 1 aromatic heterocycles. The third kappa shape index (κ3) is 3.58. The van der Waals surface area contributed by atoms with Crippen molar-refractivity contribution in [1.29, 1.82) is 0 Å². The van der Waals surface area contributed by atoms with Crippen molar-refractivity contribution >= 4 is 15.9 Å². The number of nitrogens with zero attached hydrogens (tertiary/aromatic N) is 1. The quantitative estimate of drug-likeness (QED) is 0.905. The summed E-state index contributed by atoms with van der Waals surface area (Å²) in [6.07, 6.45) is 2.73. The first-order valence-corrected chi connectivity index (χ1v) is 7.35. The van der Waals surface area contributed by atoms with Crippen LogP contribution in [-0.2, 0) is 6.42 Å². The standard InChI is InChI=1S/C16H19BrN2O/c1-11-4-6-13(19-10-11)9-15(18-2)14-7-5-12(17)8-16(14)20-3/h4-8,10,15,18H,9H2,1-3H3. The number of likely N-dealkylation sites (N-methyl/N-ethyl adjacent to an activating group) is 1. The molecule has 0 aliphatic heterocycles. The van der Waals surface area contributed by atoms with E-state index >= 15 is 0 Å². The Bertz CT molecular complexity index is 569. The maximum Gasteiger partial charge on any atom is 0.124 e. The number of pyridine rings is 1. The molecule has 1 N–H and O–H groups in total. The van der Waals surface area contributed by atoms with E-state index in [4.69, 9.17) is 4.74 Å². The maximum atomic E-state index is 5.48. The molecule has 2 rings (SSSR count). The summed E-state index contributed by atoms with van der Waals surface area (Å²) in [7, 11) is 3.66. The van der Waals surface area contributed by atoms with Gasteiger partial charge in [-0.25, -0.2) is 0 Å². The average molecular weight is 335 g/mol. The van der Waals surface area contributed by atoms with Gasteiger partial charge in [-0.2, -0.15) is 0 Å². The highest BCUT2D eigenvalue weighted by Crippen LogP contribution is 2.30. The number of methoxy groups -OCH3 is 1. The number of aryl methyl sites for hydroxylation is 1. The molecule has 0 aliphatic rings. The van der Waals surface area contributed by atoms with E-state index in [2.05, 4.69) is 44.4 Å². The van der Waals surface area contributed by atoms with Gasteiger partial charge in [0, 0.05) is 34.4 Å². The van der Waals surface area contributed by atoms with Crippen molar-refractivity contribution in [3.63, 3.8) is 0 Å². The van der Waals surface area contributed by atoms with E-state index < -0.39 is 0 Å². The molecule has 4 heteroatoms. The van der Waals surface area contributed by atoms with Crippen LogP contribution in [0.2, 0.25) is 0 Å². The molecule has 0 radical (unpaired) electrons. The van der Waals surface area contributed by atoms with Crippen molar-refractivity contribution < 1.29 is 4.74 Å². The zero-order valence-electron chi connectivity index (χ0n) is 12.0. The van der Waals surface area contributed by atoms with Crippen molar-refractivity contribution in [2.45, 2.75) is 19.4 Å². The van der Waals surface area contributed by atoms with Crippen LogP contribution in [0, 0.1) is 6.92 Å². The van der Waals surface area contributed by atoms with Gasteiger partial charge in [-0.3, -0.25) is 4.98 Å². The zero-order valence-corrected chi connectivity index (χ0v) is 13.6. The Morgan fingerprint density at radius 2 is 2.10 bits per heavy atom. The highest BCUT2D eigenvalue weighted by Gasteiger charge is 2.15. The van der Waals surface area contributed by atoms with Crippen LogP contribution in [0.15, 0.2) is 41.0 Å². The van der Waals surface area contributed by atoms with Crippen LogP contribution in [0.5, 0.6) is 5.75 Å². The fraction of sp³-hybridized carbons (Fsp3) is 0.312. The van der Waals surface area contributed by atoms with Gasteiger partial charge >= 0.3 is 0 Å². The first kappa shape index (κ1) is 15.0. The molecule has 1 unspecified atom stereocenters. The van der Waals surface area contributed by atoms with E-state index in [1.165, 1.54) is 5.56 Å². The van der Waals surface area contributed by atoms with Crippen LogP contribution >= 0.6 is 15.9 Å². The predicted molar refractivity (Wildman–Crippen MR) is 85.2 cm³/mol. The van der Waals surface area contributed by atoms with Crippen molar-refractivity contribution in [3.05, 3.63) is 57.8 Å². The lowest BCUT2D eigenvalue weighted by molar-refractivity contribution is 0.400. The van der Waals surface area contributed by atoms with E-state index in [0.29, 0.717) is 0 Å². The van der Waals surface area contributed by atoms with Crippen LogP contribution < -0.4 is 10.1 Å². The lowest BCUT2D eigenvalue weighted by Crippen LogP contribution is -2.20. The molecule has 0 saturated carbocycles. The van der Waals surface area contributed by atoms with Crippen molar-refractivity contribution in [2.24, 2.45) is 0 Å². The molecule has 1 aromatic carbocycles. The van der Waals surface area contributed by atoms with Gasteiger partial charge in [0.2, 0.25) is 0 Å². The fourth-order valence-electron chi connectivity index (χ4n) is 2.17. The Balaban J connectivity index is 2.26. The third-order valence-electron chi connectivity index (χ3n) is 3.31. The third-order valence-corrected chi connectivity index (χ3v) is 3.80. The summed E-state index contributed by atoms with van der Waals surface area (Å²) in [6, 6.07) is 10.4. The second-order valence-corrected chi connectivity index (χ2v) is 5.67. The SMILES string of the molecule is CNC(Cc1ccc(C)cn1)c1ccc(Br)cc1OC. The number of hydrogen-bond acceptors (Lipinski definition) is 3. The lowest BCUT2D eigenvalue weighted by Gasteiger charge is -2.19. The molecular weight excluding hydrogens is 316 g/mol. The van der Waals surface area contributed by atoms with Crippen LogP contribution in [0.25, 0.3) is 0 Å². The summed E-state index contributed by atoms with van der Waals surface area (Å²) in [5.41, 5.74) is 3.39. The number of aromatic nitrogens is 1. The molecule has 2 aromatic rings. The monoisotopic (exact) mass is 334 g/mol. The number of nitrogens with one attached hydrogen (secondary N) is 1.